The van der Waals surface area contributed by atoms with Gasteiger partial charge < -0.3 is 16.4 Å². The number of benzene rings is 2. The van der Waals surface area contributed by atoms with Crippen molar-refractivity contribution in [1.29, 1.82) is 0 Å². The predicted molar refractivity (Wildman–Crippen MR) is 86.0 cm³/mol. The van der Waals surface area contributed by atoms with Crippen LogP contribution in [0.15, 0.2) is 53.4 Å². The summed E-state index contributed by atoms with van der Waals surface area (Å²) >= 11 is -0.245. The van der Waals surface area contributed by atoms with E-state index in [0.29, 0.717) is 11.4 Å². The molecule has 2 aromatic rings. The molecule has 2 rings (SSSR count). The van der Waals surface area contributed by atoms with Crippen LogP contribution in [0, 0.1) is 0 Å². The molecule has 0 aromatic heterocycles. The van der Waals surface area contributed by atoms with Gasteiger partial charge in [-0.05, 0) is 60.3 Å². The Morgan fingerprint density at radius 3 is 1.83 bits per heavy atom. The molecule has 0 bridgehead atoms. The van der Waals surface area contributed by atoms with Gasteiger partial charge in [0.05, 0.1) is 0 Å². The summed E-state index contributed by atoms with van der Waals surface area (Å²) < 4.78 is 36.7. The first kappa shape index (κ1) is 17.7. The molecular weight excluding hydrogens is 343 g/mol. The third-order valence-corrected chi connectivity index (χ3v) is 3.50. The summed E-state index contributed by atoms with van der Waals surface area (Å²) in [4.78, 5) is 22.7. The maximum absolute atomic E-state index is 12.2. The number of primary amides is 1. The number of urea groups is 1. The number of thioether (sulfide) groups is 1. The Kier molecular flexibility index (Phi) is 5.35. The standard InChI is InChI=1S/C15H12F3N3O2S/c16-15(17,18)24-12-7-1-9(2-8-12)13(22)20-10-3-5-11(6-4-10)21-14(19)23/h1-8H,(H,20,22)(H3,19,21,23). The van der Waals surface area contributed by atoms with Crippen LogP contribution in [0.2, 0.25) is 0 Å². The highest BCUT2D eigenvalue weighted by Gasteiger charge is 2.29. The van der Waals surface area contributed by atoms with Crippen molar-refractivity contribution < 1.29 is 22.8 Å². The topological polar surface area (TPSA) is 84.2 Å². The Labute approximate surface area is 139 Å². The van der Waals surface area contributed by atoms with Crippen LogP contribution >= 0.6 is 11.8 Å². The fourth-order valence-electron chi connectivity index (χ4n) is 1.79. The second-order valence-electron chi connectivity index (χ2n) is 4.59. The molecule has 0 saturated carbocycles. The summed E-state index contributed by atoms with van der Waals surface area (Å²) in [6, 6.07) is 10.6. The molecule has 5 nitrogen and oxygen atoms in total. The number of hydrogen-bond donors (Lipinski definition) is 3. The molecule has 24 heavy (non-hydrogen) atoms. The second kappa shape index (κ2) is 7.26. The highest BCUT2D eigenvalue weighted by atomic mass is 32.2. The van der Waals surface area contributed by atoms with Gasteiger partial charge in [0.25, 0.3) is 5.91 Å². The smallest absolute Gasteiger partial charge is 0.351 e. The van der Waals surface area contributed by atoms with Crippen molar-refractivity contribution >= 4 is 35.1 Å². The number of carbonyl (C=O) groups excluding carboxylic acids is 2. The summed E-state index contributed by atoms with van der Waals surface area (Å²) in [6.45, 7) is 0. The first-order chi connectivity index (χ1) is 11.2. The zero-order valence-corrected chi connectivity index (χ0v) is 12.9. The first-order valence-electron chi connectivity index (χ1n) is 6.56. The van der Waals surface area contributed by atoms with Crippen molar-refractivity contribution in [3.63, 3.8) is 0 Å². The molecule has 0 saturated heterocycles. The van der Waals surface area contributed by atoms with Gasteiger partial charge in [-0.25, -0.2) is 4.79 Å². The van der Waals surface area contributed by atoms with E-state index in [1.54, 1.807) is 24.3 Å². The summed E-state index contributed by atoms with van der Waals surface area (Å²) in [5.41, 5.74) is 1.76. The van der Waals surface area contributed by atoms with Gasteiger partial charge >= 0.3 is 11.5 Å². The van der Waals surface area contributed by atoms with Crippen molar-refractivity contribution in [2.45, 2.75) is 10.4 Å². The van der Waals surface area contributed by atoms with Gasteiger partial charge in [0.1, 0.15) is 0 Å². The van der Waals surface area contributed by atoms with E-state index < -0.39 is 17.4 Å². The molecule has 4 N–H and O–H groups in total. The molecule has 0 heterocycles. The van der Waals surface area contributed by atoms with Crippen molar-refractivity contribution in [2.24, 2.45) is 5.73 Å². The fraction of sp³-hybridized carbons (Fsp3) is 0.0667. The van der Waals surface area contributed by atoms with Crippen LogP contribution in [0.4, 0.5) is 29.3 Å². The number of rotatable bonds is 4. The van der Waals surface area contributed by atoms with E-state index in [4.69, 9.17) is 5.73 Å². The number of halogens is 3. The molecule has 0 radical (unpaired) electrons. The number of carbonyl (C=O) groups is 2. The second-order valence-corrected chi connectivity index (χ2v) is 5.73. The van der Waals surface area contributed by atoms with Crippen LogP contribution in [0.25, 0.3) is 0 Å². The van der Waals surface area contributed by atoms with E-state index in [1.165, 1.54) is 24.3 Å². The third-order valence-electron chi connectivity index (χ3n) is 2.76. The number of anilines is 2. The largest absolute Gasteiger partial charge is 0.446 e. The average Bonchev–Trinajstić information content (AvgIpc) is 2.48. The first-order valence-corrected chi connectivity index (χ1v) is 7.38. The van der Waals surface area contributed by atoms with Crippen LogP contribution in [0.5, 0.6) is 0 Å². The van der Waals surface area contributed by atoms with Gasteiger partial charge in [0.15, 0.2) is 0 Å². The van der Waals surface area contributed by atoms with E-state index >= 15 is 0 Å². The Morgan fingerprint density at radius 1 is 0.875 bits per heavy atom. The van der Waals surface area contributed by atoms with E-state index in [-0.39, 0.29) is 22.2 Å². The molecular formula is C15H12F3N3O2S. The number of alkyl halides is 3. The van der Waals surface area contributed by atoms with E-state index in [9.17, 15) is 22.8 Å². The van der Waals surface area contributed by atoms with Crippen LogP contribution < -0.4 is 16.4 Å². The Bertz CT molecular complexity index is 731. The molecule has 0 fully saturated rings. The van der Waals surface area contributed by atoms with Crippen LogP contribution in [-0.2, 0) is 0 Å². The Hall–Kier alpha value is -2.68. The van der Waals surface area contributed by atoms with Crippen molar-refractivity contribution in [1.82, 2.24) is 0 Å². The third kappa shape index (κ3) is 5.51. The number of amides is 3. The van der Waals surface area contributed by atoms with Gasteiger partial charge in [-0.2, -0.15) is 13.2 Å². The van der Waals surface area contributed by atoms with Gasteiger partial charge in [-0.3, -0.25) is 4.79 Å². The molecule has 3 amide bonds. The maximum atomic E-state index is 12.2. The molecule has 9 heteroatoms. The highest BCUT2D eigenvalue weighted by Crippen LogP contribution is 2.36. The van der Waals surface area contributed by atoms with Crippen LogP contribution in [0.3, 0.4) is 0 Å². The monoisotopic (exact) mass is 355 g/mol. The van der Waals surface area contributed by atoms with Gasteiger partial charge in [-0.15, -0.1) is 0 Å². The van der Waals surface area contributed by atoms with Crippen LogP contribution in [0.1, 0.15) is 10.4 Å². The predicted octanol–water partition coefficient (Wildman–Crippen LogP) is 4.04. The highest BCUT2D eigenvalue weighted by molar-refractivity contribution is 8.00. The molecule has 126 valence electrons. The van der Waals surface area contributed by atoms with Gasteiger partial charge in [0, 0.05) is 21.8 Å². The number of nitrogens with one attached hydrogen (secondary N) is 2. The lowest BCUT2D eigenvalue weighted by Gasteiger charge is -2.08. The van der Waals surface area contributed by atoms with Gasteiger partial charge in [-0.1, -0.05) is 0 Å². The summed E-state index contributed by atoms with van der Waals surface area (Å²) in [6.07, 6.45) is 0. The molecule has 0 atom stereocenters. The lowest BCUT2D eigenvalue weighted by molar-refractivity contribution is -0.0328. The number of nitrogens with two attached hydrogens (primary N) is 1. The zero-order valence-electron chi connectivity index (χ0n) is 12.1. The van der Waals surface area contributed by atoms with Gasteiger partial charge in [0.2, 0.25) is 0 Å². The summed E-state index contributed by atoms with van der Waals surface area (Å²) in [7, 11) is 0. The molecule has 0 aliphatic carbocycles. The van der Waals surface area contributed by atoms with E-state index in [0.717, 1.165) is 0 Å². The van der Waals surface area contributed by atoms with E-state index in [2.05, 4.69) is 10.6 Å². The van der Waals surface area contributed by atoms with E-state index in [1.807, 2.05) is 0 Å². The molecule has 2 aromatic carbocycles. The minimum absolute atomic E-state index is 0.000860. The lowest BCUT2D eigenvalue weighted by Crippen LogP contribution is -2.19. The molecule has 0 aliphatic rings. The fourth-order valence-corrected chi connectivity index (χ4v) is 2.33. The number of hydrogen-bond acceptors (Lipinski definition) is 3. The average molecular weight is 355 g/mol. The lowest BCUT2D eigenvalue weighted by atomic mass is 10.2. The quantitative estimate of drug-likeness (QED) is 0.724. The Balaban J connectivity index is 2.00. The molecule has 0 spiro atoms. The zero-order chi connectivity index (χ0) is 17.7. The summed E-state index contributed by atoms with van der Waals surface area (Å²) in [5.74, 6) is -0.464. The van der Waals surface area contributed by atoms with Crippen molar-refractivity contribution in [2.75, 3.05) is 10.6 Å². The minimum atomic E-state index is -4.37. The normalized spacial score (nSPS) is 11.0. The van der Waals surface area contributed by atoms with Crippen molar-refractivity contribution in [3.05, 3.63) is 54.1 Å². The minimum Gasteiger partial charge on any atom is -0.351 e. The molecule has 0 unspecified atom stereocenters. The molecule has 0 aliphatic heterocycles. The SMILES string of the molecule is NC(=O)Nc1ccc(NC(=O)c2ccc(SC(F)(F)F)cc2)cc1. The summed E-state index contributed by atoms with van der Waals surface area (Å²) in [5, 5.41) is 4.97. The van der Waals surface area contributed by atoms with Crippen molar-refractivity contribution in [3.8, 4) is 0 Å². The maximum Gasteiger partial charge on any atom is 0.446 e. The van der Waals surface area contributed by atoms with Crippen LogP contribution in [-0.4, -0.2) is 17.4 Å². The Morgan fingerprint density at radius 2 is 1.38 bits per heavy atom.